The van der Waals surface area contributed by atoms with Crippen LogP contribution in [-0.4, -0.2) is 53.7 Å². The minimum Gasteiger partial charge on any atom is -0.497 e. The summed E-state index contributed by atoms with van der Waals surface area (Å²) in [5, 5.41) is 3.75. The lowest BCUT2D eigenvalue weighted by Gasteiger charge is -2.38. The Morgan fingerprint density at radius 2 is 0.778 bits per heavy atom. The van der Waals surface area contributed by atoms with Crippen molar-refractivity contribution >= 4 is 0 Å². The van der Waals surface area contributed by atoms with E-state index in [2.05, 4.69) is 102 Å². The zero-order valence-corrected chi connectivity index (χ0v) is 31.2. The van der Waals surface area contributed by atoms with E-state index in [1.165, 1.54) is 0 Å². The summed E-state index contributed by atoms with van der Waals surface area (Å²) in [5.74, 6) is 3.13. The van der Waals surface area contributed by atoms with Crippen LogP contribution in [0, 0.1) is 0 Å². The largest absolute Gasteiger partial charge is 0.497 e. The molecule has 2 atom stereocenters. The Morgan fingerprint density at radius 3 is 1.15 bits per heavy atom. The molecule has 1 saturated heterocycles. The minimum atomic E-state index is -0.916. The van der Waals surface area contributed by atoms with Crippen molar-refractivity contribution in [2.45, 2.75) is 29.8 Å². The van der Waals surface area contributed by atoms with Gasteiger partial charge in [-0.1, -0.05) is 109 Å². The lowest BCUT2D eigenvalue weighted by Crippen LogP contribution is -2.38. The first-order valence-corrected chi connectivity index (χ1v) is 18.3. The van der Waals surface area contributed by atoms with Crippen LogP contribution < -0.4 is 24.3 Å². The van der Waals surface area contributed by atoms with Crippen LogP contribution in [0.2, 0.25) is 0 Å². The molecule has 7 heteroatoms. The van der Waals surface area contributed by atoms with Gasteiger partial charge in [0.2, 0.25) is 0 Å². The van der Waals surface area contributed by atoms with Crippen LogP contribution in [0.15, 0.2) is 158 Å². The van der Waals surface area contributed by atoms with E-state index in [0.29, 0.717) is 13.2 Å². The number of ether oxygens (including phenoxy) is 6. The summed E-state index contributed by atoms with van der Waals surface area (Å²) in [6.07, 6.45) is 0.591. The van der Waals surface area contributed by atoms with Crippen molar-refractivity contribution in [1.82, 2.24) is 5.32 Å². The third-order valence-corrected chi connectivity index (χ3v) is 10.4. The van der Waals surface area contributed by atoms with Crippen molar-refractivity contribution in [3.63, 3.8) is 0 Å². The monoisotopic (exact) mass is 721 g/mol. The third-order valence-electron chi connectivity index (χ3n) is 10.4. The summed E-state index contributed by atoms with van der Waals surface area (Å²) < 4.78 is 36.9. The Balaban J connectivity index is 1.24. The zero-order valence-electron chi connectivity index (χ0n) is 31.2. The molecule has 1 aliphatic rings. The van der Waals surface area contributed by atoms with Crippen LogP contribution in [-0.2, 0) is 20.7 Å². The summed E-state index contributed by atoms with van der Waals surface area (Å²) in [7, 11) is 6.72. The van der Waals surface area contributed by atoms with Gasteiger partial charge in [-0.15, -0.1) is 0 Å². The van der Waals surface area contributed by atoms with Crippen LogP contribution >= 0.6 is 0 Å². The van der Waals surface area contributed by atoms with E-state index >= 15 is 0 Å². The van der Waals surface area contributed by atoms with E-state index in [9.17, 15) is 0 Å². The van der Waals surface area contributed by atoms with Gasteiger partial charge in [-0.2, -0.15) is 0 Å². The van der Waals surface area contributed by atoms with E-state index in [1.807, 2.05) is 60.7 Å². The molecule has 1 heterocycles. The lowest BCUT2D eigenvalue weighted by molar-refractivity contribution is -0.0423. The molecule has 0 amide bonds. The molecule has 7 rings (SSSR count). The second-order valence-corrected chi connectivity index (χ2v) is 13.4. The van der Waals surface area contributed by atoms with E-state index in [-0.39, 0.29) is 12.1 Å². The number of hydrogen-bond acceptors (Lipinski definition) is 7. The predicted molar refractivity (Wildman–Crippen MR) is 212 cm³/mol. The highest BCUT2D eigenvalue weighted by Crippen LogP contribution is 2.45. The van der Waals surface area contributed by atoms with Gasteiger partial charge in [-0.3, -0.25) is 0 Å². The number of nitrogens with one attached hydrogen (secondary N) is 1. The van der Waals surface area contributed by atoms with Crippen molar-refractivity contribution in [3.05, 3.63) is 191 Å². The number of hydrogen-bond donors (Lipinski definition) is 1. The average molecular weight is 722 g/mol. The second-order valence-electron chi connectivity index (χ2n) is 13.4. The average Bonchev–Trinajstić information content (AvgIpc) is 3.71. The molecule has 0 aromatic heterocycles. The molecule has 1 fully saturated rings. The first-order chi connectivity index (χ1) is 26.5. The molecule has 0 spiro atoms. The van der Waals surface area contributed by atoms with Gasteiger partial charge in [0.25, 0.3) is 0 Å². The number of benzene rings is 6. The molecule has 1 aliphatic heterocycles. The minimum absolute atomic E-state index is 0.00907. The van der Waals surface area contributed by atoms with Crippen molar-refractivity contribution in [2.24, 2.45) is 0 Å². The molecule has 1 N–H and O–H groups in total. The Morgan fingerprint density at radius 1 is 0.444 bits per heavy atom. The third kappa shape index (κ3) is 7.31. The fourth-order valence-electron chi connectivity index (χ4n) is 7.58. The van der Waals surface area contributed by atoms with E-state index in [0.717, 1.165) is 62.8 Å². The topological polar surface area (TPSA) is 67.4 Å². The second kappa shape index (κ2) is 16.6. The molecular weight excluding hydrogens is 675 g/mol. The SMILES string of the molecule is COc1ccc(C(OC[C@@H]2C[C@@H](OC(c3ccccc3)(c3ccc(OC)cc3)c3ccc(OC)cc3)CN2)(c2ccccc2)c2ccc(OC)cc2)cc1. The summed E-state index contributed by atoms with van der Waals surface area (Å²) >= 11 is 0. The summed E-state index contributed by atoms with van der Waals surface area (Å²) in [6.45, 7) is 1.08. The number of methoxy groups -OCH3 is 4. The highest BCUT2D eigenvalue weighted by molar-refractivity contribution is 5.51. The maximum Gasteiger partial charge on any atom is 0.144 e. The molecule has 54 heavy (non-hydrogen) atoms. The zero-order chi connectivity index (χ0) is 37.4. The van der Waals surface area contributed by atoms with Gasteiger partial charge in [0.05, 0.1) is 41.2 Å². The quantitative estimate of drug-likeness (QED) is 0.106. The molecule has 0 radical (unpaired) electrons. The molecule has 276 valence electrons. The molecular formula is C47H47NO6. The van der Waals surface area contributed by atoms with E-state index < -0.39 is 11.2 Å². The van der Waals surface area contributed by atoms with Crippen LogP contribution in [0.5, 0.6) is 23.0 Å². The highest BCUT2D eigenvalue weighted by Gasteiger charge is 2.43. The molecule has 6 aromatic carbocycles. The van der Waals surface area contributed by atoms with Gasteiger partial charge in [-0.05, 0) is 88.3 Å². The fourth-order valence-corrected chi connectivity index (χ4v) is 7.58. The Hall–Kier alpha value is -5.60. The molecule has 0 unspecified atom stereocenters. The van der Waals surface area contributed by atoms with E-state index in [1.54, 1.807) is 28.4 Å². The maximum atomic E-state index is 7.44. The summed E-state index contributed by atoms with van der Waals surface area (Å²) in [5.41, 5.74) is 4.21. The van der Waals surface area contributed by atoms with Crippen LogP contribution in [0.4, 0.5) is 0 Å². The Kier molecular flexibility index (Phi) is 11.3. The fraction of sp³-hybridized carbons (Fsp3) is 0.234. The van der Waals surface area contributed by atoms with Crippen molar-refractivity contribution in [1.29, 1.82) is 0 Å². The van der Waals surface area contributed by atoms with Gasteiger partial charge in [0.1, 0.15) is 34.2 Å². The van der Waals surface area contributed by atoms with Crippen molar-refractivity contribution in [2.75, 3.05) is 41.6 Å². The first-order valence-electron chi connectivity index (χ1n) is 18.3. The normalized spacial score (nSPS) is 15.8. The molecule has 0 saturated carbocycles. The molecule has 6 aromatic rings. The first kappa shape index (κ1) is 36.7. The highest BCUT2D eigenvalue weighted by atomic mass is 16.5. The van der Waals surface area contributed by atoms with Gasteiger partial charge in [-0.25, -0.2) is 0 Å². The maximum absolute atomic E-state index is 7.44. The van der Waals surface area contributed by atoms with Gasteiger partial charge in [0, 0.05) is 12.6 Å². The lowest BCUT2D eigenvalue weighted by atomic mass is 9.79. The molecule has 7 nitrogen and oxygen atoms in total. The summed E-state index contributed by atoms with van der Waals surface area (Å²) in [6, 6.07) is 53.4. The predicted octanol–water partition coefficient (Wildman–Crippen LogP) is 8.77. The Bertz CT molecular complexity index is 1960. The number of rotatable bonds is 15. The van der Waals surface area contributed by atoms with Gasteiger partial charge >= 0.3 is 0 Å². The van der Waals surface area contributed by atoms with Crippen LogP contribution in [0.25, 0.3) is 0 Å². The van der Waals surface area contributed by atoms with Crippen molar-refractivity contribution < 1.29 is 28.4 Å². The molecule has 0 bridgehead atoms. The molecule has 0 aliphatic carbocycles. The van der Waals surface area contributed by atoms with Gasteiger partial charge in [0.15, 0.2) is 0 Å². The summed E-state index contributed by atoms with van der Waals surface area (Å²) in [4.78, 5) is 0. The van der Waals surface area contributed by atoms with Crippen LogP contribution in [0.1, 0.15) is 39.8 Å². The van der Waals surface area contributed by atoms with E-state index in [4.69, 9.17) is 28.4 Å². The van der Waals surface area contributed by atoms with Crippen LogP contribution in [0.3, 0.4) is 0 Å². The van der Waals surface area contributed by atoms with Gasteiger partial charge < -0.3 is 33.7 Å². The smallest absolute Gasteiger partial charge is 0.144 e. The standard InChI is InChI=1S/C47H47NO6/c1-49-41-23-15-36(16-24-41)46(34-11-7-5-8-12-34,37-17-25-42(50-2)26-18-37)53-33-40-31-45(32-48-40)54-47(35-13-9-6-10-14-35,38-19-27-43(51-3)28-20-38)39-21-29-44(52-4)30-22-39/h5-30,40,45,48H,31-33H2,1-4H3/t40-,45+/m0/s1. The van der Waals surface area contributed by atoms with Crippen molar-refractivity contribution in [3.8, 4) is 23.0 Å². The Labute approximate surface area is 318 Å².